The number of hydrogen-bond acceptors (Lipinski definition) is 2. The van der Waals surface area contributed by atoms with Crippen molar-refractivity contribution in [3.63, 3.8) is 0 Å². The monoisotopic (exact) mass is 654 g/mol. The van der Waals surface area contributed by atoms with Crippen LogP contribution in [0.1, 0.15) is 68.9 Å². The first kappa shape index (κ1) is 32.2. The van der Waals surface area contributed by atoms with Crippen molar-refractivity contribution in [1.29, 1.82) is 0 Å². The molecule has 2 saturated heterocycles. The summed E-state index contributed by atoms with van der Waals surface area (Å²) in [6, 6.07) is 26.7. The van der Waals surface area contributed by atoms with E-state index in [1.165, 1.54) is 88.2 Å². The number of rotatable bonds is 6. The van der Waals surface area contributed by atoms with Crippen molar-refractivity contribution in [3.05, 3.63) is 83.9 Å². The van der Waals surface area contributed by atoms with Crippen LogP contribution in [0.2, 0.25) is 0 Å². The molecule has 9 rings (SSSR count). The molecular formula is C38H52FeN2P2-6. The van der Waals surface area contributed by atoms with Gasteiger partial charge in [0.2, 0.25) is 0 Å². The van der Waals surface area contributed by atoms with E-state index in [-0.39, 0.29) is 22.2 Å². The topological polar surface area (TPSA) is 24.1 Å². The first-order valence-corrected chi connectivity index (χ1v) is 18.5. The Morgan fingerprint density at radius 3 is 1.79 bits per heavy atom. The molecule has 43 heavy (non-hydrogen) atoms. The zero-order valence-electron chi connectivity index (χ0n) is 25.8. The summed E-state index contributed by atoms with van der Waals surface area (Å²) < 4.78 is 0. The summed E-state index contributed by atoms with van der Waals surface area (Å²) in [7, 11) is 6.88. The summed E-state index contributed by atoms with van der Waals surface area (Å²) in [6.07, 6.45) is 14.0. The number of nitrogens with one attached hydrogen (secondary N) is 2. The SMILES string of the molecule is PCC1([c-]2cc(-c3ccccc3)cc2C(P)(C2CCCNC2)C2CCCNC2)C2CC3CC(C2)CC1C3.[Fe].[cH-]1[cH-][cH-][cH-][cH-]1. The van der Waals surface area contributed by atoms with Crippen LogP contribution in [0.4, 0.5) is 0 Å². The van der Waals surface area contributed by atoms with Crippen LogP contribution >= 0.6 is 18.5 Å². The van der Waals surface area contributed by atoms with Crippen molar-refractivity contribution in [2.75, 3.05) is 32.3 Å². The third-order valence-corrected chi connectivity index (χ3v) is 14.3. The summed E-state index contributed by atoms with van der Waals surface area (Å²) in [4.78, 5) is 0. The smallest absolute Gasteiger partial charge is 0 e. The molecule has 0 amide bonds. The van der Waals surface area contributed by atoms with Gasteiger partial charge in [0, 0.05) is 17.1 Å². The van der Waals surface area contributed by atoms with Gasteiger partial charge in [-0.2, -0.15) is 17.2 Å². The van der Waals surface area contributed by atoms with Crippen LogP contribution in [0.5, 0.6) is 0 Å². The second-order valence-corrected chi connectivity index (χ2v) is 15.8. The largest absolute Gasteiger partial charge is 0.748 e. The molecule has 4 unspecified atom stereocenters. The molecule has 4 bridgehead atoms. The zero-order chi connectivity index (χ0) is 28.6. The fourth-order valence-electron chi connectivity index (χ4n) is 10.6. The Bertz CT molecular complexity index is 1210. The van der Waals surface area contributed by atoms with Gasteiger partial charge in [-0.15, -0.1) is 24.0 Å². The van der Waals surface area contributed by atoms with Crippen molar-refractivity contribution in [2.24, 2.45) is 35.5 Å². The van der Waals surface area contributed by atoms with Gasteiger partial charge in [0.05, 0.1) is 0 Å². The molecule has 4 atom stereocenters. The fraction of sp³-hybridized carbons (Fsp3) is 0.579. The van der Waals surface area contributed by atoms with Crippen LogP contribution < -0.4 is 10.6 Å². The van der Waals surface area contributed by atoms with Gasteiger partial charge >= 0.3 is 0 Å². The Labute approximate surface area is 276 Å². The van der Waals surface area contributed by atoms with Crippen molar-refractivity contribution in [1.82, 2.24) is 10.6 Å². The Morgan fingerprint density at radius 1 is 0.791 bits per heavy atom. The molecule has 2 aliphatic heterocycles. The van der Waals surface area contributed by atoms with Gasteiger partial charge < -0.3 is 41.0 Å². The first-order valence-electron chi connectivity index (χ1n) is 17.1. The van der Waals surface area contributed by atoms with E-state index in [9.17, 15) is 0 Å². The minimum atomic E-state index is 0. The summed E-state index contributed by atoms with van der Waals surface area (Å²) in [5, 5.41) is 7.78. The van der Waals surface area contributed by atoms with E-state index in [1.54, 1.807) is 11.1 Å². The molecule has 3 aromatic carbocycles. The van der Waals surface area contributed by atoms with Crippen LogP contribution in [0.15, 0.2) is 72.8 Å². The molecule has 2 heterocycles. The molecule has 0 spiro atoms. The van der Waals surface area contributed by atoms with Crippen LogP contribution in [0.3, 0.4) is 0 Å². The van der Waals surface area contributed by atoms with Crippen LogP contribution in [0.25, 0.3) is 11.1 Å². The summed E-state index contributed by atoms with van der Waals surface area (Å²) >= 11 is 0. The average molecular weight is 655 g/mol. The summed E-state index contributed by atoms with van der Waals surface area (Å²) in [5.74, 6) is 5.11. The fourth-order valence-corrected chi connectivity index (χ4v) is 12.3. The molecule has 4 aliphatic carbocycles. The molecule has 0 aromatic heterocycles. The first-order chi connectivity index (χ1) is 20.6. The molecule has 6 fully saturated rings. The number of benzene rings is 1. The van der Waals surface area contributed by atoms with Gasteiger partial charge in [-0.3, -0.25) is 0 Å². The quantitative estimate of drug-likeness (QED) is 0.160. The van der Waals surface area contributed by atoms with E-state index >= 15 is 0 Å². The zero-order valence-corrected chi connectivity index (χ0v) is 29.2. The number of piperidine rings is 2. The van der Waals surface area contributed by atoms with Crippen LogP contribution in [-0.4, -0.2) is 32.3 Å². The molecule has 2 N–H and O–H groups in total. The van der Waals surface area contributed by atoms with Crippen molar-refractivity contribution in [3.8, 4) is 11.1 Å². The van der Waals surface area contributed by atoms with Crippen LogP contribution in [0, 0.1) is 35.5 Å². The maximum Gasteiger partial charge on any atom is 0 e. The van der Waals surface area contributed by atoms with Gasteiger partial charge in [0.15, 0.2) is 0 Å². The van der Waals surface area contributed by atoms with Gasteiger partial charge in [0.25, 0.3) is 0 Å². The Kier molecular flexibility index (Phi) is 10.4. The predicted molar refractivity (Wildman–Crippen MR) is 185 cm³/mol. The second kappa shape index (κ2) is 13.9. The predicted octanol–water partition coefficient (Wildman–Crippen LogP) is 8.11. The van der Waals surface area contributed by atoms with Crippen LogP contribution in [-0.2, 0) is 27.6 Å². The molecular weight excluding hydrogens is 602 g/mol. The normalized spacial score (nSPS) is 34.5. The Morgan fingerprint density at radius 2 is 1.33 bits per heavy atom. The van der Waals surface area contributed by atoms with Gasteiger partial charge in [-0.05, 0) is 136 Å². The van der Waals surface area contributed by atoms with Crippen molar-refractivity contribution in [2.45, 2.75) is 68.4 Å². The standard InChI is InChI=1S/C33H47N2P2.C5H5.Fe/c36-21-32(28-13-22-12-23(15-28)16-29(32)14-22)30-17-25(24-6-2-1-3-7-24)18-31(30)33(37,26-8-4-10-34-19-26)27-9-5-11-35-20-27;1-2-4-5-3-1;/h1-3,6-7,17-18,22-23,26-29,34-35H,4-5,8-16,19-21,36-37H2;1-5H;/q-1;-5;. The van der Waals surface area contributed by atoms with Crippen molar-refractivity contribution >= 4 is 18.5 Å². The van der Waals surface area contributed by atoms with E-state index in [0.717, 1.165) is 36.8 Å². The molecule has 6 aliphatic rings. The van der Waals surface area contributed by atoms with Gasteiger partial charge in [0.1, 0.15) is 0 Å². The second-order valence-electron chi connectivity index (χ2n) is 14.5. The summed E-state index contributed by atoms with van der Waals surface area (Å²) in [5.41, 5.74) is 6.69. The molecule has 5 heteroatoms. The van der Waals surface area contributed by atoms with Crippen molar-refractivity contribution < 1.29 is 17.1 Å². The minimum Gasteiger partial charge on any atom is -0.748 e. The molecule has 0 radical (unpaired) electrons. The van der Waals surface area contributed by atoms with E-state index in [4.69, 9.17) is 0 Å². The molecule has 3 aromatic rings. The van der Waals surface area contributed by atoms with E-state index in [0.29, 0.717) is 17.3 Å². The molecule has 238 valence electrons. The summed E-state index contributed by atoms with van der Waals surface area (Å²) in [6.45, 7) is 4.70. The Hall–Kier alpha value is -0.781. The van der Waals surface area contributed by atoms with Gasteiger partial charge in [-0.1, -0.05) is 35.9 Å². The maximum absolute atomic E-state index is 3.82. The number of hydrogen-bond donors (Lipinski definition) is 2. The third-order valence-electron chi connectivity index (χ3n) is 12.4. The van der Waals surface area contributed by atoms with Gasteiger partial charge in [-0.25, -0.2) is 6.07 Å². The van der Waals surface area contributed by atoms with E-state index in [2.05, 4.69) is 71.6 Å². The van der Waals surface area contributed by atoms with E-state index < -0.39 is 0 Å². The average Bonchev–Trinajstić information content (AvgIpc) is 3.77. The molecule has 4 saturated carbocycles. The molecule has 2 nitrogen and oxygen atoms in total. The minimum absolute atomic E-state index is 0. The third kappa shape index (κ3) is 5.95. The van der Waals surface area contributed by atoms with E-state index in [1.807, 2.05) is 30.3 Å². The Balaban J connectivity index is 0.000000500. The maximum atomic E-state index is 3.82.